The molecule has 0 saturated heterocycles. The molecule has 9 nitrogen and oxygen atoms in total. The highest BCUT2D eigenvalue weighted by Crippen LogP contribution is 2.30. The van der Waals surface area contributed by atoms with Crippen molar-refractivity contribution in [2.45, 2.75) is 6.92 Å². The van der Waals surface area contributed by atoms with Crippen LogP contribution in [0.2, 0.25) is 10.0 Å². The van der Waals surface area contributed by atoms with Gasteiger partial charge in [-0.15, -0.1) is 0 Å². The number of benzene rings is 2. The van der Waals surface area contributed by atoms with Crippen molar-refractivity contribution < 1.29 is 4.79 Å². The highest BCUT2D eigenvalue weighted by molar-refractivity contribution is 6.37. The van der Waals surface area contributed by atoms with Crippen LogP contribution < -0.4 is 22.1 Å². The highest BCUT2D eigenvalue weighted by Gasteiger charge is 2.17. The van der Waals surface area contributed by atoms with Crippen LogP contribution in [0.15, 0.2) is 53.5 Å². The molecule has 0 aliphatic heterocycles. The quantitative estimate of drug-likeness (QED) is 0.427. The fourth-order valence-corrected chi connectivity index (χ4v) is 3.56. The van der Waals surface area contributed by atoms with Crippen LogP contribution >= 0.6 is 23.2 Å². The summed E-state index contributed by atoms with van der Waals surface area (Å²) in [4.78, 5) is 36.5. The number of para-hydroxylation sites is 1. The summed E-state index contributed by atoms with van der Waals surface area (Å²) in [6.07, 6.45) is 1.45. The van der Waals surface area contributed by atoms with Gasteiger partial charge in [0.25, 0.3) is 0 Å². The number of nitrogens with two attached hydrogens (primary N) is 1. The van der Waals surface area contributed by atoms with Crippen LogP contribution in [0, 0.1) is 0 Å². The Bertz CT molecular complexity index is 1370. The number of aromatic nitrogens is 4. The number of nitrogens with zero attached hydrogens (tertiary/aromatic N) is 4. The van der Waals surface area contributed by atoms with E-state index in [1.165, 1.54) is 13.1 Å². The molecule has 11 heteroatoms. The molecule has 0 saturated carbocycles. The zero-order valence-corrected chi connectivity index (χ0v) is 17.6. The van der Waals surface area contributed by atoms with Crippen LogP contribution in [0.25, 0.3) is 16.7 Å². The number of amides is 1. The minimum absolute atomic E-state index is 0.0594. The van der Waals surface area contributed by atoms with Gasteiger partial charge in [-0.1, -0.05) is 35.3 Å². The molecule has 0 spiro atoms. The Kier molecular flexibility index (Phi) is 5.45. The minimum atomic E-state index is -0.683. The van der Waals surface area contributed by atoms with Crippen molar-refractivity contribution in [3.05, 3.63) is 69.2 Å². The van der Waals surface area contributed by atoms with E-state index in [-0.39, 0.29) is 39.1 Å². The van der Waals surface area contributed by atoms with Crippen LogP contribution in [0.4, 0.5) is 23.1 Å². The number of anilines is 4. The second-order valence-electron chi connectivity index (χ2n) is 6.50. The zero-order valence-electron chi connectivity index (χ0n) is 16.1. The van der Waals surface area contributed by atoms with Gasteiger partial charge in [0.15, 0.2) is 5.65 Å². The molecule has 0 aliphatic rings. The predicted molar refractivity (Wildman–Crippen MR) is 121 cm³/mol. The molecule has 0 unspecified atom stereocenters. The molecule has 4 rings (SSSR count). The Balaban J connectivity index is 1.75. The van der Waals surface area contributed by atoms with Gasteiger partial charge in [0, 0.05) is 24.5 Å². The maximum atomic E-state index is 12.7. The number of fused-ring (bicyclic) bond motifs is 1. The monoisotopic (exact) mass is 455 g/mol. The number of carbonyl (C=O) groups excluding carboxylic acids is 1. The Morgan fingerprint density at radius 3 is 2.45 bits per heavy atom. The van der Waals surface area contributed by atoms with E-state index >= 15 is 0 Å². The lowest BCUT2D eigenvalue weighted by atomic mass is 10.2. The molecular formula is C20H15Cl2N7O2. The first-order valence-corrected chi connectivity index (χ1v) is 9.73. The summed E-state index contributed by atoms with van der Waals surface area (Å²) in [6.45, 7) is 1.42. The molecule has 2 aromatic heterocycles. The van der Waals surface area contributed by atoms with Crippen molar-refractivity contribution >= 4 is 63.3 Å². The average Bonchev–Trinajstić information content (AvgIpc) is 2.69. The Morgan fingerprint density at radius 2 is 1.74 bits per heavy atom. The number of hydrogen-bond acceptors (Lipinski definition) is 7. The Morgan fingerprint density at radius 1 is 1.06 bits per heavy atom. The molecule has 0 radical (unpaired) electrons. The minimum Gasteiger partial charge on any atom is -0.384 e. The lowest BCUT2D eigenvalue weighted by Gasteiger charge is -2.14. The second-order valence-corrected chi connectivity index (χ2v) is 7.32. The van der Waals surface area contributed by atoms with Gasteiger partial charge in [0.05, 0.1) is 21.1 Å². The van der Waals surface area contributed by atoms with Crippen LogP contribution in [0.1, 0.15) is 6.92 Å². The van der Waals surface area contributed by atoms with E-state index in [2.05, 4.69) is 25.6 Å². The summed E-state index contributed by atoms with van der Waals surface area (Å²) in [6, 6.07) is 11.8. The molecule has 0 fully saturated rings. The first kappa shape index (κ1) is 20.6. The maximum absolute atomic E-state index is 12.7. The fourth-order valence-electron chi connectivity index (χ4n) is 2.99. The lowest BCUT2D eigenvalue weighted by Crippen LogP contribution is -2.25. The molecular weight excluding hydrogens is 441 g/mol. The third-order valence-corrected chi connectivity index (χ3v) is 4.89. The van der Waals surface area contributed by atoms with Gasteiger partial charge in [-0.05, 0) is 30.3 Å². The van der Waals surface area contributed by atoms with E-state index in [0.29, 0.717) is 16.8 Å². The van der Waals surface area contributed by atoms with Crippen molar-refractivity contribution in [2.75, 3.05) is 16.4 Å². The lowest BCUT2D eigenvalue weighted by molar-refractivity contribution is -0.114. The third kappa shape index (κ3) is 4.14. The van der Waals surface area contributed by atoms with E-state index in [1.807, 2.05) is 0 Å². The topological polar surface area (TPSA) is 128 Å². The molecule has 4 aromatic rings. The van der Waals surface area contributed by atoms with Gasteiger partial charge >= 0.3 is 5.69 Å². The third-order valence-electron chi connectivity index (χ3n) is 4.28. The SMILES string of the molecule is CC(=O)Nc1cccc(Nc2ncc3c(N)n(-c4c(Cl)cccc4Cl)c(=O)nc3n2)c1. The fraction of sp³-hybridized carbons (Fsp3) is 0.0500. The molecule has 0 bridgehead atoms. The molecule has 31 heavy (non-hydrogen) atoms. The number of nitrogens with one attached hydrogen (secondary N) is 2. The summed E-state index contributed by atoms with van der Waals surface area (Å²) in [7, 11) is 0. The van der Waals surface area contributed by atoms with E-state index in [4.69, 9.17) is 28.9 Å². The van der Waals surface area contributed by atoms with Gasteiger partial charge in [-0.3, -0.25) is 4.79 Å². The summed E-state index contributed by atoms with van der Waals surface area (Å²) >= 11 is 12.4. The molecule has 4 N–H and O–H groups in total. The van der Waals surface area contributed by atoms with Crippen LogP contribution in [0.3, 0.4) is 0 Å². The van der Waals surface area contributed by atoms with Crippen molar-refractivity contribution in [3.63, 3.8) is 0 Å². The number of nitrogen functional groups attached to an aromatic ring is 1. The van der Waals surface area contributed by atoms with Crippen molar-refractivity contribution in [1.29, 1.82) is 0 Å². The number of carbonyl (C=O) groups is 1. The first-order chi connectivity index (χ1) is 14.8. The average molecular weight is 456 g/mol. The molecule has 0 aliphatic carbocycles. The van der Waals surface area contributed by atoms with Gasteiger partial charge < -0.3 is 16.4 Å². The van der Waals surface area contributed by atoms with Gasteiger partial charge in [-0.25, -0.2) is 14.3 Å². The normalized spacial score (nSPS) is 10.8. The molecule has 1 amide bonds. The second kappa shape index (κ2) is 8.21. The van der Waals surface area contributed by atoms with Crippen LogP contribution in [-0.2, 0) is 4.79 Å². The van der Waals surface area contributed by atoms with Gasteiger partial charge in [-0.2, -0.15) is 9.97 Å². The summed E-state index contributed by atoms with van der Waals surface area (Å²) in [5, 5.41) is 6.56. The van der Waals surface area contributed by atoms with Crippen molar-refractivity contribution in [2.24, 2.45) is 0 Å². The molecule has 2 aromatic carbocycles. The molecule has 156 valence electrons. The molecule has 2 heterocycles. The smallest absolute Gasteiger partial charge is 0.355 e. The Hall–Kier alpha value is -3.69. The first-order valence-electron chi connectivity index (χ1n) is 8.98. The zero-order chi connectivity index (χ0) is 22.1. The predicted octanol–water partition coefficient (Wildman–Crippen LogP) is 3.77. The van der Waals surface area contributed by atoms with Crippen molar-refractivity contribution in [1.82, 2.24) is 19.5 Å². The van der Waals surface area contributed by atoms with Crippen LogP contribution in [0.5, 0.6) is 0 Å². The van der Waals surface area contributed by atoms with E-state index in [1.54, 1.807) is 42.5 Å². The van der Waals surface area contributed by atoms with E-state index < -0.39 is 5.69 Å². The standard InChI is InChI=1S/C20H15Cl2N7O2/c1-10(30)25-11-4-2-5-12(8-11)26-19-24-9-13-17(23)29(20(31)28-18(13)27-19)16-14(21)6-3-7-15(16)22/h2-9H,23H2,1H3,(H,25,30)(H,26,27,28,31). The largest absolute Gasteiger partial charge is 0.384 e. The number of halogens is 2. The molecule has 0 atom stereocenters. The number of rotatable bonds is 4. The van der Waals surface area contributed by atoms with E-state index in [9.17, 15) is 9.59 Å². The summed E-state index contributed by atoms with van der Waals surface area (Å²) < 4.78 is 1.13. The van der Waals surface area contributed by atoms with Gasteiger partial charge in [0.2, 0.25) is 11.9 Å². The highest BCUT2D eigenvalue weighted by atomic mass is 35.5. The number of hydrogen-bond donors (Lipinski definition) is 3. The summed E-state index contributed by atoms with van der Waals surface area (Å²) in [5.41, 5.74) is 7.13. The van der Waals surface area contributed by atoms with Crippen LogP contribution in [-0.4, -0.2) is 25.4 Å². The Labute approximate surface area is 185 Å². The van der Waals surface area contributed by atoms with Crippen molar-refractivity contribution in [3.8, 4) is 5.69 Å². The van der Waals surface area contributed by atoms with Gasteiger partial charge in [0.1, 0.15) is 5.82 Å². The van der Waals surface area contributed by atoms with E-state index in [0.717, 1.165) is 4.57 Å². The summed E-state index contributed by atoms with van der Waals surface area (Å²) in [5.74, 6) is 0.0742. The maximum Gasteiger partial charge on any atom is 0.355 e.